The lowest BCUT2D eigenvalue weighted by atomic mass is 10.1. The number of fused-ring (bicyclic) bond motifs is 1. The molecule has 0 N–H and O–H groups in total. The molecular weight excluding hydrogens is 432 g/mol. The molecule has 172 valence electrons. The summed E-state index contributed by atoms with van der Waals surface area (Å²) < 4.78 is 18.0. The predicted octanol–water partition coefficient (Wildman–Crippen LogP) is 4.62. The summed E-state index contributed by atoms with van der Waals surface area (Å²) in [4.78, 5) is 20.4. The summed E-state index contributed by atoms with van der Waals surface area (Å²) in [6.45, 7) is 1.57. The van der Waals surface area contributed by atoms with Gasteiger partial charge in [-0.05, 0) is 30.3 Å². The molecule has 0 atom stereocenters. The van der Waals surface area contributed by atoms with Crippen molar-refractivity contribution in [2.24, 2.45) is 0 Å². The first-order valence-electron chi connectivity index (χ1n) is 11.0. The molecule has 0 bridgehead atoms. The van der Waals surface area contributed by atoms with Crippen LogP contribution in [0.5, 0.6) is 0 Å². The third-order valence-corrected chi connectivity index (χ3v) is 5.57. The molecule has 0 unspecified atom stereocenters. The Morgan fingerprint density at radius 2 is 1.79 bits per heavy atom. The highest BCUT2D eigenvalue weighted by Gasteiger charge is 2.23. The van der Waals surface area contributed by atoms with Crippen LogP contribution in [0.3, 0.4) is 0 Å². The zero-order chi connectivity index (χ0) is 23.3. The molecule has 0 radical (unpaired) electrons. The summed E-state index contributed by atoms with van der Waals surface area (Å²) in [5, 5.41) is 5.20. The molecule has 0 aliphatic rings. The van der Waals surface area contributed by atoms with Crippen LogP contribution in [0, 0.1) is 0 Å². The number of carbonyl (C=O) groups is 1. The lowest BCUT2D eigenvalue weighted by Gasteiger charge is -2.22. The van der Waals surface area contributed by atoms with Crippen molar-refractivity contribution in [2.75, 3.05) is 20.3 Å². The van der Waals surface area contributed by atoms with E-state index in [0.29, 0.717) is 54.3 Å². The number of hydrogen-bond donors (Lipinski definition) is 0. The maximum Gasteiger partial charge on any atom is 0.255 e. The van der Waals surface area contributed by atoms with Crippen LogP contribution < -0.4 is 0 Å². The van der Waals surface area contributed by atoms with Crippen LogP contribution in [0.2, 0.25) is 0 Å². The van der Waals surface area contributed by atoms with Crippen molar-refractivity contribution >= 4 is 16.9 Å². The van der Waals surface area contributed by atoms with Crippen LogP contribution in [0.25, 0.3) is 22.3 Å². The minimum absolute atomic E-state index is 0.143. The Morgan fingerprint density at radius 1 is 1.03 bits per heavy atom. The Labute approximate surface area is 196 Å². The quantitative estimate of drug-likeness (QED) is 0.322. The zero-order valence-electron chi connectivity index (χ0n) is 18.8. The molecular formula is C26H24N4O4. The number of ether oxygens (including phenoxy) is 1. The van der Waals surface area contributed by atoms with Gasteiger partial charge >= 0.3 is 0 Å². The fraction of sp³-hybridized carbons (Fsp3) is 0.192. The van der Waals surface area contributed by atoms with Gasteiger partial charge in [-0.15, -0.1) is 0 Å². The largest absolute Gasteiger partial charge is 0.467 e. The molecule has 0 fully saturated rings. The number of rotatable bonds is 9. The first-order valence-corrected chi connectivity index (χ1v) is 11.0. The number of nitrogens with zero attached hydrogens (tertiary/aromatic N) is 4. The van der Waals surface area contributed by atoms with Crippen molar-refractivity contribution in [3.8, 4) is 11.3 Å². The van der Waals surface area contributed by atoms with Crippen LogP contribution in [-0.2, 0) is 17.8 Å². The van der Waals surface area contributed by atoms with Crippen molar-refractivity contribution < 1.29 is 18.4 Å². The number of methoxy groups -OCH3 is 1. The number of benzene rings is 1. The molecule has 4 aromatic heterocycles. The van der Waals surface area contributed by atoms with Gasteiger partial charge in [0, 0.05) is 19.2 Å². The normalized spacial score (nSPS) is 11.2. The summed E-state index contributed by atoms with van der Waals surface area (Å²) in [7, 11) is 1.62. The molecule has 0 aliphatic carbocycles. The van der Waals surface area contributed by atoms with Crippen molar-refractivity contribution in [2.45, 2.75) is 13.1 Å². The molecule has 0 saturated carbocycles. The Balaban J connectivity index is 1.60. The molecule has 1 aromatic carbocycles. The molecule has 8 nitrogen and oxygen atoms in total. The third kappa shape index (κ3) is 4.49. The summed E-state index contributed by atoms with van der Waals surface area (Å²) in [5.41, 5.74) is 2.75. The van der Waals surface area contributed by atoms with Crippen molar-refractivity contribution in [1.29, 1.82) is 0 Å². The molecule has 8 heteroatoms. The Kier molecular flexibility index (Phi) is 6.22. The number of hydrogen-bond acceptors (Lipinski definition) is 6. The summed E-state index contributed by atoms with van der Waals surface area (Å²) in [6, 6.07) is 19.0. The number of amides is 1. The average molecular weight is 457 g/mol. The third-order valence-electron chi connectivity index (χ3n) is 5.57. The SMILES string of the molecule is COCCN(Cc1ccco1)C(=O)c1cc(-c2ccccc2)nc2c1cnn2Cc1ccco1. The van der Waals surface area contributed by atoms with E-state index in [4.69, 9.17) is 18.6 Å². The van der Waals surface area contributed by atoms with Gasteiger partial charge in [-0.1, -0.05) is 30.3 Å². The molecule has 0 saturated heterocycles. The first-order chi connectivity index (χ1) is 16.7. The van der Waals surface area contributed by atoms with Crippen LogP contribution in [-0.4, -0.2) is 45.8 Å². The second-order valence-electron chi connectivity index (χ2n) is 7.84. The van der Waals surface area contributed by atoms with E-state index >= 15 is 0 Å². The Hall–Kier alpha value is -4.17. The number of pyridine rings is 1. The van der Waals surface area contributed by atoms with E-state index in [-0.39, 0.29) is 5.91 Å². The standard InChI is InChI=1S/C26H24N4O4/c1-32-14-11-29(17-20-9-5-12-33-20)26(31)22-15-24(19-7-3-2-4-8-19)28-25-23(22)16-27-30(25)18-21-10-6-13-34-21/h2-10,12-13,15-16H,11,14,17-18H2,1H3. The van der Waals surface area contributed by atoms with Crippen molar-refractivity contribution in [1.82, 2.24) is 19.7 Å². The average Bonchev–Trinajstić information content (AvgIpc) is 3.65. The highest BCUT2D eigenvalue weighted by atomic mass is 16.5. The lowest BCUT2D eigenvalue weighted by Crippen LogP contribution is -2.33. The zero-order valence-corrected chi connectivity index (χ0v) is 18.8. The van der Waals surface area contributed by atoms with E-state index in [2.05, 4.69) is 5.10 Å². The Morgan fingerprint density at radius 3 is 2.50 bits per heavy atom. The van der Waals surface area contributed by atoms with Crippen LogP contribution in [0.1, 0.15) is 21.9 Å². The smallest absolute Gasteiger partial charge is 0.255 e. The second-order valence-corrected chi connectivity index (χ2v) is 7.84. The van der Waals surface area contributed by atoms with Gasteiger partial charge in [-0.3, -0.25) is 4.79 Å². The molecule has 5 aromatic rings. The summed E-state index contributed by atoms with van der Waals surface area (Å²) >= 11 is 0. The lowest BCUT2D eigenvalue weighted by molar-refractivity contribution is 0.0668. The van der Waals surface area contributed by atoms with E-state index < -0.39 is 0 Å². The van der Waals surface area contributed by atoms with Gasteiger partial charge in [0.15, 0.2) is 5.65 Å². The van der Waals surface area contributed by atoms with Crippen molar-refractivity contribution in [3.63, 3.8) is 0 Å². The molecule has 5 rings (SSSR count). The highest BCUT2D eigenvalue weighted by Crippen LogP contribution is 2.27. The molecule has 0 spiro atoms. The van der Waals surface area contributed by atoms with E-state index in [1.165, 1.54) is 0 Å². The Bertz CT molecular complexity index is 1360. The van der Waals surface area contributed by atoms with Gasteiger partial charge in [0.2, 0.25) is 0 Å². The van der Waals surface area contributed by atoms with Gasteiger partial charge in [0.25, 0.3) is 5.91 Å². The van der Waals surface area contributed by atoms with Gasteiger partial charge < -0.3 is 18.5 Å². The maximum absolute atomic E-state index is 13.8. The van der Waals surface area contributed by atoms with E-state index in [9.17, 15) is 4.79 Å². The summed E-state index contributed by atoms with van der Waals surface area (Å²) in [5.74, 6) is 1.31. The molecule has 0 aliphatic heterocycles. The van der Waals surface area contributed by atoms with Gasteiger partial charge in [0.1, 0.15) is 18.1 Å². The molecule has 4 heterocycles. The van der Waals surface area contributed by atoms with Gasteiger partial charge in [0.05, 0.1) is 48.5 Å². The minimum Gasteiger partial charge on any atom is -0.467 e. The first kappa shape index (κ1) is 21.7. The number of furan rings is 2. The molecule has 34 heavy (non-hydrogen) atoms. The number of aromatic nitrogens is 3. The predicted molar refractivity (Wildman–Crippen MR) is 126 cm³/mol. The maximum atomic E-state index is 13.8. The van der Waals surface area contributed by atoms with Crippen molar-refractivity contribution in [3.05, 3.63) is 96.5 Å². The highest BCUT2D eigenvalue weighted by molar-refractivity contribution is 6.06. The van der Waals surface area contributed by atoms with E-state index in [1.807, 2.05) is 60.7 Å². The van der Waals surface area contributed by atoms with Gasteiger partial charge in [-0.2, -0.15) is 5.10 Å². The van der Waals surface area contributed by atoms with Crippen LogP contribution in [0.4, 0.5) is 0 Å². The van der Waals surface area contributed by atoms with Crippen LogP contribution >= 0.6 is 0 Å². The minimum atomic E-state index is -0.143. The topological polar surface area (TPSA) is 86.5 Å². The fourth-order valence-electron chi connectivity index (χ4n) is 3.86. The van der Waals surface area contributed by atoms with E-state index in [0.717, 1.165) is 11.3 Å². The van der Waals surface area contributed by atoms with Crippen LogP contribution in [0.15, 0.2) is 88.2 Å². The fourth-order valence-corrected chi connectivity index (χ4v) is 3.86. The second kappa shape index (κ2) is 9.76. The number of carbonyl (C=O) groups excluding carboxylic acids is 1. The molecule has 1 amide bonds. The van der Waals surface area contributed by atoms with E-state index in [1.54, 1.807) is 35.4 Å². The summed E-state index contributed by atoms with van der Waals surface area (Å²) in [6.07, 6.45) is 4.92. The monoisotopic (exact) mass is 456 g/mol. The van der Waals surface area contributed by atoms with Gasteiger partial charge in [-0.25, -0.2) is 9.67 Å².